The lowest BCUT2D eigenvalue weighted by molar-refractivity contribution is -0.384. The van der Waals surface area contributed by atoms with Gasteiger partial charge in [0.05, 0.1) is 31.3 Å². The Morgan fingerprint density at radius 3 is 2.50 bits per heavy atom. The van der Waals surface area contributed by atoms with Gasteiger partial charge in [0.15, 0.2) is 5.13 Å². The van der Waals surface area contributed by atoms with E-state index in [1.165, 1.54) is 54.6 Å². The quantitative estimate of drug-likeness (QED) is 0.293. The number of fused-ring (bicyclic) bond motifs is 1. The van der Waals surface area contributed by atoms with Gasteiger partial charge in [-0.3, -0.25) is 24.9 Å². The number of hydrogen-bond acceptors (Lipinski definition) is 7. The highest BCUT2D eigenvalue weighted by Gasteiger charge is 2.20. The molecule has 2 N–H and O–H groups in total. The molecule has 0 saturated heterocycles. The van der Waals surface area contributed by atoms with Crippen LogP contribution in [0, 0.1) is 10.1 Å². The summed E-state index contributed by atoms with van der Waals surface area (Å²) in [5.41, 5.74) is 0.570. The topological polar surface area (TPSA) is 131 Å². The average molecular weight is 489 g/mol. The van der Waals surface area contributed by atoms with Crippen LogP contribution in [0.3, 0.4) is 0 Å². The Bertz CT molecular complexity index is 1450. The number of amides is 1. The van der Waals surface area contributed by atoms with E-state index in [1.54, 1.807) is 12.1 Å². The van der Waals surface area contributed by atoms with E-state index >= 15 is 0 Å². The zero-order valence-corrected chi connectivity index (χ0v) is 18.4. The van der Waals surface area contributed by atoms with Gasteiger partial charge in [-0.2, -0.15) is 0 Å². The van der Waals surface area contributed by atoms with Gasteiger partial charge in [-0.25, -0.2) is 13.4 Å². The number of benzene rings is 3. The molecule has 0 spiro atoms. The first-order chi connectivity index (χ1) is 15.2. The highest BCUT2D eigenvalue weighted by Crippen LogP contribution is 2.30. The van der Waals surface area contributed by atoms with Gasteiger partial charge in [-0.15, -0.1) is 0 Å². The van der Waals surface area contributed by atoms with Gasteiger partial charge in [0.2, 0.25) is 0 Å². The van der Waals surface area contributed by atoms with E-state index in [-0.39, 0.29) is 27.0 Å². The smallest absolute Gasteiger partial charge is 0.270 e. The Balaban J connectivity index is 1.59. The average Bonchev–Trinajstić information content (AvgIpc) is 3.15. The number of nitro benzene ring substituents is 1. The summed E-state index contributed by atoms with van der Waals surface area (Å²) in [4.78, 5) is 27.5. The maximum absolute atomic E-state index is 12.8. The van der Waals surface area contributed by atoms with Gasteiger partial charge in [0.1, 0.15) is 0 Å². The highest BCUT2D eigenvalue weighted by molar-refractivity contribution is 7.92. The summed E-state index contributed by atoms with van der Waals surface area (Å²) in [6, 6.07) is 15.9. The lowest BCUT2D eigenvalue weighted by Gasteiger charge is -2.12. The van der Waals surface area contributed by atoms with Crippen LogP contribution in [0.25, 0.3) is 10.2 Å². The molecule has 4 rings (SSSR count). The number of thiazole rings is 1. The molecule has 0 atom stereocenters. The number of aromatic nitrogens is 1. The summed E-state index contributed by atoms with van der Waals surface area (Å²) in [5, 5.41) is 14.2. The van der Waals surface area contributed by atoms with Crippen LogP contribution in [0.5, 0.6) is 0 Å². The van der Waals surface area contributed by atoms with Crippen LogP contribution in [-0.2, 0) is 10.0 Å². The zero-order valence-electron chi connectivity index (χ0n) is 16.0. The Labute approximate surface area is 190 Å². The predicted molar refractivity (Wildman–Crippen MR) is 123 cm³/mol. The molecule has 0 radical (unpaired) electrons. The SMILES string of the molecule is O=C(Nc1nc2ccc([N+](=O)[O-])cc2s1)c1ccccc1NS(=O)(=O)c1ccc(Cl)cc1. The molecule has 32 heavy (non-hydrogen) atoms. The lowest BCUT2D eigenvalue weighted by Crippen LogP contribution is -2.18. The third-order valence-electron chi connectivity index (χ3n) is 4.34. The number of carbonyl (C=O) groups excluding carboxylic acids is 1. The minimum absolute atomic E-state index is 0.00937. The zero-order chi connectivity index (χ0) is 22.9. The van der Waals surface area contributed by atoms with Crippen molar-refractivity contribution < 1.29 is 18.1 Å². The summed E-state index contributed by atoms with van der Waals surface area (Å²) in [6.45, 7) is 0. The van der Waals surface area contributed by atoms with Gasteiger partial charge in [-0.1, -0.05) is 35.1 Å². The van der Waals surface area contributed by atoms with Crippen molar-refractivity contribution >= 4 is 65.6 Å². The van der Waals surface area contributed by atoms with Crippen molar-refractivity contribution in [1.82, 2.24) is 4.98 Å². The van der Waals surface area contributed by atoms with E-state index in [2.05, 4.69) is 15.0 Å². The molecule has 3 aromatic carbocycles. The van der Waals surface area contributed by atoms with Crippen LogP contribution in [0.1, 0.15) is 10.4 Å². The Morgan fingerprint density at radius 1 is 1.06 bits per heavy atom. The molecule has 0 fully saturated rings. The first kappa shape index (κ1) is 21.7. The van der Waals surface area contributed by atoms with E-state index in [4.69, 9.17) is 11.6 Å². The van der Waals surface area contributed by atoms with Crippen LogP contribution >= 0.6 is 22.9 Å². The van der Waals surface area contributed by atoms with Gasteiger partial charge in [0.25, 0.3) is 21.6 Å². The Kier molecular flexibility index (Phi) is 5.78. The van der Waals surface area contributed by atoms with Crippen molar-refractivity contribution in [3.05, 3.63) is 87.4 Å². The summed E-state index contributed by atoms with van der Waals surface area (Å²) in [5.74, 6) is -0.590. The fraction of sp³-hybridized carbons (Fsp3) is 0. The number of nitrogens with zero attached hydrogens (tertiary/aromatic N) is 2. The van der Waals surface area contributed by atoms with Crippen molar-refractivity contribution in [2.24, 2.45) is 0 Å². The lowest BCUT2D eigenvalue weighted by atomic mass is 10.2. The molecule has 1 aromatic heterocycles. The molecular formula is C20H13ClN4O5S2. The number of nitro groups is 1. The number of non-ortho nitro benzene ring substituents is 1. The van der Waals surface area contributed by atoms with Crippen LogP contribution < -0.4 is 10.0 Å². The first-order valence-corrected chi connectivity index (χ1v) is 11.6. The molecule has 0 aliphatic carbocycles. The number of rotatable bonds is 6. The molecule has 12 heteroatoms. The van der Waals surface area contributed by atoms with Crippen LogP contribution in [0.2, 0.25) is 5.02 Å². The van der Waals surface area contributed by atoms with Crippen molar-refractivity contribution in [3.8, 4) is 0 Å². The maximum atomic E-state index is 12.8. The molecule has 1 amide bonds. The third kappa shape index (κ3) is 4.54. The monoisotopic (exact) mass is 488 g/mol. The van der Waals surface area contributed by atoms with Crippen molar-refractivity contribution in [1.29, 1.82) is 0 Å². The molecule has 0 saturated carbocycles. The maximum Gasteiger partial charge on any atom is 0.270 e. The largest absolute Gasteiger partial charge is 0.298 e. The second-order valence-electron chi connectivity index (χ2n) is 6.49. The van der Waals surface area contributed by atoms with Crippen molar-refractivity contribution in [2.45, 2.75) is 4.90 Å². The Hall–Kier alpha value is -3.54. The molecule has 0 aliphatic rings. The minimum Gasteiger partial charge on any atom is -0.298 e. The number of anilines is 2. The van der Waals surface area contributed by atoms with E-state index in [9.17, 15) is 23.3 Å². The first-order valence-electron chi connectivity index (χ1n) is 8.97. The van der Waals surface area contributed by atoms with Crippen LogP contribution in [0.4, 0.5) is 16.5 Å². The third-order valence-corrected chi connectivity index (χ3v) is 6.91. The fourth-order valence-corrected chi connectivity index (χ4v) is 4.93. The predicted octanol–water partition coefficient (Wildman–Crippen LogP) is 4.91. The Morgan fingerprint density at radius 2 is 1.78 bits per heavy atom. The number of sulfonamides is 1. The molecular weight excluding hydrogens is 476 g/mol. The molecule has 9 nitrogen and oxygen atoms in total. The van der Waals surface area contributed by atoms with E-state index in [0.717, 1.165) is 11.3 Å². The molecule has 0 unspecified atom stereocenters. The minimum atomic E-state index is -3.96. The van der Waals surface area contributed by atoms with Crippen LogP contribution in [0.15, 0.2) is 71.6 Å². The molecule has 4 aromatic rings. The normalized spacial score (nSPS) is 11.3. The second-order valence-corrected chi connectivity index (χ2v) is 9.64. The summed E-state index contributed by atoms with van der Waals surface area (Å²) in [6.07, 6.45) is 0. The molecule has 1 heterocycles. The second kappa shape index (κ2) is 8.54. The number of hydrogen-bond donors (Lipinski definition) is 2. The number of halogens is 1. The summed E-state index contributed by atoms with van der Waals surface area (Å²) in [7, 11) is -3.96. The van der Waals surface area contributed by atoms with Gasteiger partial charge < -0.3 is 0 Å². The van der Waals surface area contributed by atoms with Crippen LogP contribution in [-0.4, -0.2) is 24.2 Å². The fourth-order valence-electron chi connectivity index (χ4n) is 2.83. The highest BCUT2D eigenvalue weighted by atomic mass is 35.5. The molecule has 162 valence electrons. The number of para-hydroxylation sites is 1. The number of carbonyl (C=O) groups is 1. The van der Waals surface area contributed by atoms with E-state index < -0.39 is 20.9 Å². The van der Waals surface area contributed by atoms with Gasteiger partial charge in [0, 0.05) is 17.2 Å². The van der Waals surface area contributed by atoms with Gasteiger partial charge >= 0.3 is 0 Å². The molecule has 0 bridgehead atoms. The van der Waals surface area contributed by atoms with Gasteiger partial charge in [-0.05, 0) is 42.5 Å². The van der Waals surface area contributed by atoms with E-state index in [1.807, 2.05) is 0 Å². The van der Waals surface area contributed by atoms with Crippen molar-refractivity contribution in [2.75, 3.05) is 10.0 Å². The number of nitrogens with one attached hydrogen (secondary N) is 2. The summed E-state index contributed by atoms with van der Waals surface area (Å²) < 4.78 is 28.3. The summed E-state index contributed by atoms with van der Waals surface area (Å²) >= 11 is 6.88. The van der Waals surface area contributed by atoms with E-state index in [0.29, 0.717) is 15.2 Å². The standard InChI is InChI=1S/C20H13ClN4O5S2/c21-12-5-8-14(9-6-12)32(29,30)24-16-4-2-1-3-15(16)19(26)23-20-22-17-10-7-13(25(27)28)11-18(17)31-20/h1-11,24H,(H,22,23,26). The van der Waals surface area contributed by atoms with Crippen molar-refractivity contribution in [3.63, 3.8) is 0 Å². The molecule has 0 aliphatic heterocycles.